The van der Waals surface area contributed by atoms with Crippen LogP contribution in [0.4, 0.5) is 19.0 Å². The zero-order valence-electron chi connectivity index (χ0n) is 18.6. The van der Waals surface area contributed by atoms with Gasteiger partial charge in [-0.1, -0.05) is 60.7 Å². The summed E-state index contributed by atoms with van der Waals surface area (Å²) in [6.45, 7) is 1.84. The van der Waals surface area contributed by atoms with Crippen molar-refractivity contribution in [2.75, 3.05) is 31.1 Å². The Labute approximate surface area is 204 Å². The normalized spacial score (nSPS) is 14.3. The maximum Gasteiger partial charge on any atom is 0.417 e. The van der Waals surface area contributed by atoms with Crippen LogP contribution in [0.1, 0.15) is 15.2 Å². The molecule has 35 heavy (non-hydrogen) atoms. The molecule has 0 N–H and O–H groups in total. The lowest BCUT2D eigenvalue weighted by Crippen LogP contribution is -2.49. The molecule has 1 saturated heterocycles. The maximum atomic E-state index is 13.6. The van der Waals surface area contributed by atoms with E-state index in [0.717, 1.165) is 28.4 Å². The van der Waals surface area contributed by atoms with Gasteiger partial charge >= 0.3 is 6.18 Å². The van der Waals surface area contributed by atoms with Crippen molar-refractivity contribution in [2.24, 2.45) is 0 Å². The van der Waals surface area contributed by atoms with Gasteiger partial charge in [-0.25, -0.2) is 9.97 Å². The first-order valence-electron chi connectivity index (χ1n) is 11.1. The lowest BCUT2D eigenvalue weighted by Gasteiger charge is -2.35. The van der Waals surface area contributed by atoms with E-state index in [4.69, 9.17) is 4.98 Å². The molecule has 9 heteroatoms. The molecular formula is C26H21F3N4OS. The van der Waals surface area contributed by atoms with E-state index in [1.807, 2.05) is 65.6 Å². The van der Waals surface area contributed by atoms with Gasteiger partial charge in [-0.15, -0.1) is 11.3 Å². The lowest BCUT2D eigenvalue weighted by atomic mass is 10.1. The van der Waals surface area contributed by atoms with Crippen molar-refractivity contribution in [3.05, 3.63) is 89.4 Å². The van der Waals surface area contributed by atoms with Gasteiger partial charge < -0.3 is 9.80 Å². The minimum absolute atomic E-state index is 0.0939. The predicted octanol–water partition coefficient (Wildman–Crippen LogP) is 5.85. The highest BCUT2D eigenvalue weighted by Crippen LogP contribution is 2.35. The molecule has 5 rings (SSSR count). The van der Waals surface area contributed by atoms with Crippen molar-refractivity contribution in [1.82, 2.24) is 14.9 Å². The second-order valence-electron chi connectivity index (χ2n) is 8.11. The second-order valence-corrected chi connectivity index (χ2v) is 9.11. The smallest absolute Gasteiger partial charge is 0.353 e. The number of halogens is 3. The van der Waals surface area contributed by atoms with Crippen molar-refractivity contribution in [3.8, 4) is 21.8 Å². The molecule has 0 saturated carbocycles. The van der Waals surface area contributed by atoms with Gasteiger partial charge in [0.2, 0.25) is 0 Å². The molecule has 0 radical (unpaired) electrons. The number of hydrogen-bond acceptors (Lipinski definition) is 5. The third-order valence-corrected chi connectivity index (χ3v) is 6.95. The van der Waals surface area contributed by atoms with E-state index in [0.29, 0.717) is 42.6 Å². The topological polar surface area (TPSA) is 49.3 Å². The Bertz CT molecular complexity index is 1300. The molecule has 1 aliphatic rings. The lowest BCUT2D eigenvalue weighted by molar-refractivity contribution is -0.137. The SMILES string of the molecule is O=C(c1sc(-c2ccccc2)nc1-c1ccccc1)N1CCN(c2ccc(C(F)(F)F)cn2)CC1. The number of aromatic nitrogens is 2. The number of nitrogens with zero attached hydrogens (tertiary/aromatic N) is 4. The molecule has 1 fully saturated rings. The fourth-order valence-corrected chi connectivity index (χ4v) is 5.04. The minimum Gasteiger partial charge on any atom is -0.353 e. The fraction of sp³-hybridized carbons (Fsp3) is 0.192. The van der Waals surface area contributed by atoms with E-state index in [1.54, 1.807) is 4.90 Å². The molecule has 5 nitrogen and oxygen atoms in total. The highest BCUT2D eigenvalue weighted by atomic mass is 32.1. The van der Waals surface area contributed by atoms with Crippen LogP contribution >= 0.6 is 11.3 Å². The molecule has 0 atom stereocenters. The number of piperazine rings is 1. The fourth-order valence-electron chi connectivity index (χ4n) is 3.98. The molecule has 178 valence electrons. The van der Waals surface area contributed by atoms with Crippen molar-refractivity contribution >= 4 is 23.1 Å². The molecule has 0 unspecified atom stereocenters. The Hall–Kier alpha value is -3.72. The number of rotatable bonds is 4. The Morgan fingerprint density at radius 3 is 2.03 bits per heavy atom. The highest BCUT2D eigenvalue weighted by molar-refractivity contribution is 7.17. The number of carbonyl (C=O) groups excluding carboxylic acids is 1. The predicted molar refractivity (Wildman–Crippen MR) is 130 cm³/mol. The van der Waals surface area contributed by atoms with Gasteiger partial charge in [-0.05, 0) is 12.1 Å². The Balaban J connectivity index is 1.36. The van der Waals surface area contributed by atoms with E-state index < -0.39 is 11.7 Å². The van der Waals surface area contributed by atoms with Gasteiger partial charge in [-0.2, -0.15) is 13.2 Å². The summed E-state index contributed by atoms with van der Waals surface area (Å²) in [6, 6.07) is 21.8. The molecule has 2 aromatic heterocycles. The second kappa shape index (κ2) is 9.50. The standard InChI is InChI=1S/C26H21F3N4OS/c27-26(28,29)20-11-12-21(30-17-20)32-13-15-33(16-14-32)25(34)23-22(18-7-3-1-4-8-18)31-24(35-23)19-9-5-2-6-10-19/h1-12,17H,13-16H2. The van der Waals surface area contributed by atoms with Crippen molar-refractivity contribution < 1.29 is 18.0 Å². The van der Waals surface area contributed by atoms with Crippen LogP contribution in [0.15, 0.2) is 79.0 Å². The largest absolute Gasteiger partial charge is 0.417 e. The molecule has 3 heterocycles. The van der Waals surface area contributed by atoms with Crippen molar-refractivity contribution in [3.63, 3.8) is 0 Å². The summed E-state index contributed by atoms with van der Waals surface area (Å²) in [6.07, 6.45) is -3.57. The number of benzene rings is 2. The Morgan fingerprint density at radius 1 is 0.829 bits per heavy atom. The number of hydrogen-bond donors (Lipinski definition) is 0. The van der Waals surface area contributed by atoms with Crippen LogP contribution in [-0.2, 0) is 6.18 Å². The molecule has 2 aromatic carbocycles. The molecule has 4 aromatic rings. The minimum atomic E-state index is -4.42. The van der Waals surface area contributed by atoms with E-state index in [9.17, 15) is 18.0 Å². The van der Waals surface area contributed by atoms with Crippen LogP contribution in [0.5, 0.6) is 0 Å². The maximum absolute atomic E-state index is 13.6. The summed E-state index contributed by atoms with van der Waals surface area (Å²) in [4.78, 5) is 26.6. The summed E-state index contributed by atoms with van der Waals surface area (Å²) in [5.74, 6) is 0.378. The van der Waals surface area contributed by atoms with Crippen LogP contribution in [0.2, 0.25) is 0 Å². The third-order valence-electron chi connectivity index (χ3n) is 5.86. The van der Waals surface area contributed by atoms with E-state index in [1.165, 1.54) is 17.4 Å². The Kier molecular flexibility index (Phi) is 6.25. The summed E-state index contributed by atoms with van der Waals surface area (Å²) >= 11 is 1.38. The number of alkyl halides is 3. The third kappa shape index (κ3) is 4.90. The monoisotopic (exact) mass is 494 g/mol. The van der Waals surface area contributed by atoms with Gasteiger partial charge in [0.05, 0.1) is 11.3 Å². The number of carbonyl (C=O) groups is 1. The first-order valence-corrected chi connectivity index (χ1v) is 11.9. The van der Waals surface area contributed by atoms with Crippen molar-refractivity contribution in [2.45, 2.75) is 6.18 Å². The molecular weight excluding hydrogens is 473 g/mol. The highest BCUT2D eigenvalue weighted by Gasteiger charge is 2.32. The van der Waals surface area contributed by atoms with E-state index in [-0.39, 0.29) is 5.91 Å². The van der Waals surface area contributed by atoms with Crippen LogP contribution in [-0.4, -0.2) is 47.0 Å². The molecule has 1 aliphatic heterocycles. The average molecular weight is 495 g/mol. The average Bonchev–Trinajstić information content (AvgIpc) is 3.35. The van der Waals surface area contributed by atoms with Gasteiger partial charge in [0.1, 0.15) is 15.7 Å². The van der Waals surface area contributed by atoms with Gasteiger partial charge in [0, 0.05) is 43.5 Å². The van der Waals surface area contributed by atoms with Gasteiger partial charge in [-0.3, -0.25) is 4.79 Å². The van der Waals surface area contributed by atoms with Gasteiger partial charge in [0.15, 0.2) is 0 Å². The molecule has 0 aliphatic carbocycles. The summed E-state index contributed by atoms with van der Waals surface area (Å²) in [7, 11) is 0. The van der Waals surface area contributed by atoms with E-state index in [2.05, 4.69) is 4.98 Å². The van der Waals surface area contributed by atoms with Crippen molar-refractivity contribution in [1.29, 1.82) is 0 Å². The summed E-state index contributed by atoms with van der Waals surface area (Å²) in [5, 5.41) is 0.778. The number of amides is 1. The quantitative estimate of drug-likeness (QED) is 0.357. The molecule has 0 spiro atoms. The van der Waals surface area contributed by atoms with Crippen LogP contribution < -0.4 is 4.90 Å². The van der Waals surface area contributed by atoms with Crippen LogP contribution in [0.25, 0.3) is 21.8 Å². The summed E-state index contributed by atoms with van der Waals surface area (Å²) < 4.78 is 38.5. The zero-order chi connectivity index (χ0) is 24.4. The number of pyridine rings is 1. The van der Waals surface area contributed by atoms with Crippen LogP contribution in [0, 0.1) is 0 Å². The molecule has 1 amide bonds. The van der Waals surface area contributed by atoms with Crippen LogP contribution in [0.3, 0.4) is 0 Å². The summed E-state index contributed by atoms with van der Waals surface area (Å²) in [5.41, 5.74) is 1.71. The molecule has 0 bridgehead atoms. The number of thiazole rings is 1. The number of anilines is 1. The van der Waals surface area contributed by atoms with E-state index >= 15 is 0 Å². The van der Waals surface area contributed by atoms with Gasteiger partial charge in [0.25, 0.3) is 5.91 Å². The first kappa shape index (κ1) is 23.0. The Morgan fingerprint density at radius 2 is 1.46 bits per heavy atom. The zero-order valence-corrected chi connectivity index (χ0v) is 19.4. The first-order chi connectivity index (χ1) is 16.9.